The topological polar surface area (TPSA) is 61.7 Å². The van der Waals surface area contributed by atoms with E-state index < -0.39 is 5.91 Å². The predicted molar refractivity (Wildman–Crippen MR) is 98.8 cm³/mol. The van der Waals surface area contributed by atoms with E-state index in [-0.39, 0.29) is 11.3 Å². The first-order valence-corrected chi connectivity index (χ1v) is 7.93. The monoisotopic (exact) mass is 330 g/mol. The lowest BCUT2D eigenvalue weighted by atomic mass is 10.0. The van der Waals surface area contributed by atoms with E-state index in [1.807, 2.05) is 61.5 Å². The fourth-order valence-electron chi connectivity index (χ4n) is 2.44. The Morgan fingerprint density at radius 1 is 0.840 bits per heavy atom. The number of rotatable bonds is 4. The Labute approximate surface area is 146 Å². The summed E-state index contributed by atoms with van der Waals surface area (Å²) in [4.78, 5) is 12.3. The lowest BCUT2D eigenvalue weighted by molar-refractivity contribution is 0.0952. The summed E-state index contributed by atoms with van der Waals surface area (Å²) in [5.74, 6) is -0.537. The van der Waals surface area contributed by atoms with Gasteiger partial charge < -0.3 is 5.11 Å². The van der Waals surface area contributed by atoms with Gasteiger partial charge in [-0.2, -0.15) is 5.10 Å². The number of para-hydroxylation sites is 1. The smallest absolute Gasteiger partial charge is 0.275 e. The Bertz CT molecular complexity index is 901. The maximum absolute atomic E-state index is 12.3. The molecule has 3 aromatic rings. The zero-order chi connectivity index (χ0) is 17.6. The molecule has 0 aromatic heterocycles. The highest BCUT2D eigenvalue weighted by atomic mass is 16.3. The van der Waals surface area contributed by atoms with E-state index in [9.17, 15) is 9.90 Å². The zero-order valence-electron chi connectivity index (χ0n) is 13.8. The van der Waals surface area contributed by atoms with Crippen LogP contribution in [0.3, 0.4) is 0 Å². The third-order valence-electron chi connectivity index (χ3n) is 3.79. The summed E-state index contributed by atoms with van der Waals surface area (Å²) in [5, 5.41) is 14.1. The van der Waals surface area contributed by atoms with Crippen LogP contribution in [0.25, 0.3) is 0 Å². The number of nitrogens with zero attached hydrogens (tertiary/aromatic N) is 1. The summed E-state index contributed by atoms with van der Waals surface area (Å²) in [6.07, 6.45) is 0. The average Bonchev–Trinajstić information content (AvgIpc) is 2.64. The number of hydrazone groups is 1. The second-order valence-corrected chi connectivity index (χ2v) is 5.65. The molecule has 1 amide bonds. The van der Waals surface area contributed by atoms with Crippen molar-refractivity contribution in [2.45, 2.75) is 6.92 Å². The molecule has 0 fully saturated rings. The molecule has 0 saturated heterocycles. The quantitative estimate of drug-likeness (QED) is 0.563. The van der Waals surface area contributed by atoms with Gasteiger partial charge in [-0.25, -0.2) is 5.43 Å². The van der Waals surface area contributed by atoms with Crippen molar-refractivity contribution in [3.8, 4) is 5.75 Å². The normalized spacial score (nSPS) is 11.2. The van der Waals surface area contributed by atoms with Gasteiger partial charge in [0.05, 0.1) is 11.3 Å². The molecule has 0 bridgehead atoms. The predicted octanol–water partition coefficient (Wildman–Crippen LogP) is 3.88. The number of carbonyl (C=O) groups excluding carboxylic acids is 1. The molecule has 0 saturated carbocycles. The standard InChI is InChI=1S/C21H18N2O2/c1-15-11-13-17(14-12-15)20(16-7-3-2-4-8-16)22-23-21(25)18-9-5-6-10-19(18)24/h2-14,24H,1H3,(H,23,25). The van der Waals surface area contributed by atoms with Crippen molar-refractivity contribution in [1.82, 2.24) is 5.43 Å². The highest BCUT2D eigenvalue weighted by molar-refractivity contribution is 6.13. The van der Waals surface area contributed by atoms with Crippen LogP contribution in [0.5, 0.6) is 5.75 Å². The van der Waals surface area contributed by atoms with Gasteiger partial charge in [0.25, 0.3) is 5.91 Å². The summed E-state index contributed by atoms with van der Waals surface area (Å²) < 4.78 is 0. The van der Waals surface area contributed by atoms with Gasteiger partial charge in [0.15, 0.2) is 0 Å². The third-order valence-corrected chi connectivity index (χ3v) is 3.79. The van der Waals surface area contributed by atoms with Gasteiger partial charge in [-0.15, -0.1) is 0 Å². The maximum Gasteiger partial charge on any atom is 0.275 e. The fraction of sp³-hybridized carbons (Fsp3) is 0.0476. The first-order valence-electron chi connectivity index (χ1n) is 7.93. The van der Waals surface area contributed by atoms with E-state index in [4.69, 9.17) is 0 Å². The number of aromatic hydroxyl groups is 1. The molecule has 2 N–H and O–H groups in total. The van der Waals surface area contributed by atoms with Crippen LogP contribution in [0.15, 0.2) is 84.0 Å². The number of aryl methyl sites for hydroxylation is 1. The van der Waals surface area contributed by atoms with Crippen molar-refractivity contribution in [2.75, 3.05) is 0 Å². The zero-order valence-corrected chi connectivity index (χ0v) is 13.8. The lowest BCUT2D eigenvalue weighted by Gasteiger charge is -2.09. The minimum absolute atomic E-state index is 0.0770. The Morgan fingerprint density at radius 3 is 2.12 bits per heavy atom. The lowest BCUT2D eigenvalue weighted by Crippen LogP contribution is -2.20. The number of phenols is 1. The van der Waals surface area contributed by atoms with Crippen LogP contribution in [-0.2, 0) is 0 Å². The summed E-state index contributed by atoms with van der Waals surface area (Å²) >= 11 is 0. The Kier molecular flexibility index (Phi) is 4.90. The third kappa shape index (κ3) is 3.93. The van der Waals surface area contributed by atoms with Crippen LogP contribution in [0.2, 0.25) is 0 Å². The fourth-order valence-corrected chi connectivity index (χ4v) is 2.44. The van der Waals surface area contributed by atoms with E-state index in [0.717, 1.165) is 16.7 Å². The van der Waals surface area contributed by atoms with Crippen LogP contribution >= 0.6 is 0 Å². The number of hydrogen-bond acceptors (Lipinski definition) is 3. The number of hydrogen-bond donors (Lipinski definition) is 2. The van der Waals surface area contributed by atoms with Gasteiger partial charge in [0.2, 0.25) is 0 Å². The Balaban J connectivity index is 1.94. The van der Waals surface area contributed by atoms with Crippen molar-refractivity contribution >= 4 is 11.6 Å². The van der Waals surface area contributed by atoms with Gasteiger partial charge in [0.1, 0.15) is 5.75 Å². The van der Waals surface area contributed by atoms with Crippen LogP contribution < -0.4 is 5.43 Å². The van der Waals surface area contributed by atoms with Crippen LogP contribution in [0.4, 0.5) is 0 Å². The molecule has 124 valence electrons. The summed E-state index contributed by atoms with van der Waals surface area (Å²) in [7, 11) is 0. The molecule has 25 heavy (non-hydrogen) atoms. The van der Waals surface area contributed by atoms with Crippen molar-refractivity contribution in [1.29, 1.82) is 0 Å². The molecule has 0 aliphatic rings. The van der Waals surface area contributed by atoms with Gasteiger partial charge in [0, 0.05) is 11.1 Å². The first-order chi connectivity index (χ1) is 12.1. The van der Waals surface area contributed by atoms with Crippen molar-refractivity contribution in [2.24, 2.45) is 5.10 Å². The largest absolute Gasteiger partial charge is 0.507 e. The number of phenolic OH excluding ortho intramolecular Hbond substituents is 1. The van der Waals surface area contributed by atoms with Crippen LogP contribution in [0.1, 0.15) is 27.0 Å². The Morgan fingerprint density at radius 2 is 1.44 bits per heavy atom. The summed E-state index contributed by atoms with van der Waals surface area (Å²) in [6, 6.07) is 23.9. The number of nitrogens with one attached hydrogen (secondary N) is 1. The number of carbonyl (C=O) groups is 1. The number of benzene rings is 3. The molecule has 0 heterocycles. The molecule has 3 aromatic carbocycles. The highest BCUT2D eigenvalue weighted by Gasteiger charge is 2.11. The molecule has 4 heteroatoms. The average molecular weight is 330 g/mol. The van der Waals surface area contributed by atoms with Crippen LogP contribution in [0, 0.1) is 6.92 Å². The van der Waals surface area contributed by atoms with Crippen molar-refractivity contribution < 1.29 is 9.90 Å². The summed E-state index contributed by atoms with van der Waals surface area (Å²) in [5.41, 5.74) is 6.32. The van der Waals surface area contributed by atoms with Crippen molar-refractivity contribution in [3.63, 3.8) is 0 Å². The molecular weight excluding hydrogens is 312 g/mol. The van der Waals surface area contributed by atoms with E-state index in [2.05, 4.69) is 10.5 Å². The van der Waals surface area contributed by atoms with Crippen LogP contribution in [-0.4, -0.2) is 16.7 Å². The minimum atomic E-state index is -0.460. The maximum atomic E-state index is 12.3. The van der Waals surface area contributed by atoms with Gasteiger partial charge in [-0.05, 0) is 19.1 Å². The molecule has 4 nitrogen and oxygen atoms in total. The second-order valence-electron chi connectivity index (χ2n) is 5.65. The van der Waals surface area contributed by atoms with Gasteiger partial charge >= 0.3 is 0 Å². The molecule has 0 atom stereocenters. The highest BCUT2D eigenvalue weighted by Crippen LogP contribution is 2.16. The van der Waals surface area contributed by atoms with E-state index >= 15 is 0 Å². The van der Waals surface area contributed by atoms with E-state index in [0.29, 0.717) is 5.71 Å². The first kappa shape index (κ1) is 16.5. The van der Waals surface area contributed by atoms with E-state index in [1.54, 1.807) is 18.2 Å². The van der Waals surface area contributed by atoms with Crippen molar-refractivity contribution in [3.05, 3.63) is 101 Å². The molecule has 0 aliphatic carbocycles. The second kappa shape index (κ2) is 7.45. The molecule has 0 spiro atoms. The number of amides is 1. The molecule has 0 aliphatic heterocycles. The molecular formula is C21H18N2O2. The molecule has 0 radical (unpaired) electrons. The van der Waals surface area contributed by atoms with Gasteiger partial charge in [-0.1, -0.05) is 72.3 Å². The summed E-state index contributed by atoms with van der Waals surface area (Å²) in [6.45, 7) is 2.02. The SMILES string of the molecule is Cc1ccc(C(=NNC(=O)c2ccccc2O)c2ccccc2)cc1. The Hall–Kier alpha value is -3.40. The molecule has 3 rings (SSSR count). The molecule has 0 unspecified atom stereocenters. The minimum Gasteiger partial charge on any atom is -0.507 e. The van der Waals surface area contributed by atoms with Gasteiger partial charge in [-0.3, -0.25) is 4.79 Å². The van der Waals surface area contributed by atoms with E-state index in [1.165, 1.54) is 6.07 Å².